The molecule has 7 N–H and O–H groups in total. The molecule has 1 amide bonds. The molecule has 0 aliphatic carbocycles. The van der Waals surface area contributed by atoms with Gasteiger partial charge >= 0.3 is 10.4 Å². The van der Waals surface area contributed by atoms with Crippen molar-refractivity contribution in [2.75, 3.05) is 13.2 Å². The first-order valence-corrected chi connectivity index (χ1v) is 27.5. The molecule has 380 valence electrons. The lowest BCUT2D eigenvalue weighted by molar-refractivity contribution is -0.298. The molecule has 64 heavy (non-hydrogen) atoms. The Kier molecular flexibility index (Phi) is 38.8. The number of hydrogen-bond donors (Lipinski definition) is 7. The number of amides is 1. The van der Waals surface area contributed by atoms with Crippen molar-refractivity contribution in [2.24, 2.45) is 0 Å². The van der Waals surface area contributed by atoms with Gasteiger partial charge in [-0.05, 0) is 38.5 Å². The van der Waals surface area contributed by atoms with E-state index in [1.807, 2.05) is 0 Å². The number of carbonyl (C=O) groups is 1. The van der Waals surface area contributed by atoms with E-state index >= 15 is 0 Å². The van der Waals surface area contributed by atoms with Crippen LogP contribution in [0.15, 0.2) is 12.2 Å². The molecule has 0 spiro atoms. The first-order chi connectivity index (χ1) is 30.9. The standard InChI is InChI=1S/C50H97NO12S/c1-3-5-7-9-11-13-15-17-19-20-21-22-23-25-27-29-31-33-35-37-39-44(54)49(57)51-42(41-61-50-47(56)48(63-64(58,59)60)46(55)45(40-52)62-50)43(53)38-36-34-32-30-28-26-24-18-16-14-12-10-8-6-4-2/h22-23,42-48,50,52-56H,3-21,24-41H2,1-2H3,(H,51,57)(H,58,59,60)/b23-22-. The van der Waals surface area contributed by atoms with E-state index in [0.29, 0.717) is 19.3 Å². The minimum Gasteiger partial charge on any atom is -0.394 e. The van der Waals surface area contributed by atoms with E-state index in [9.17, 15) is 43.3 Å². The second kappa shape index (κ2) is 40.8. The van der Waals surface area contributed by atoms with Gasteiger partial charge in [-0.1, -0.05) is 212 Å². The molecule has 8 unspecified atom stereocenters. The number of allylic oxidation sites excluding steroid dienone is 2. The summed E-state index contributed by atoms with van der Waals surface area (Å²) in [6, 6.07) is -1.03. The molecular weight excluding hydrogens is 839 g/mol. The molecule has 1 saturated heterocycles. The Hall–Kier alpha value is -1.20. The lowest BCUT2D eigenvalue weighted by Crippen LogP contribution is -2.61. The van der Waals surface area contributed by atoms with Crippen LogP contribution in [0, 0.1) is 0 Å². The van der Waals surface area contributed by atoms with Gasteiger partial charge in [-0.2, -0.15) is 8.42 Å². The smallest absolute Gasteiger partial charge is 0.394 e. The minimum absolute atomic E-state index is 0.255. The summed E-state index contributed by atoms with van der Waals surface area (Å²) in [5.74, 6) is -0.671. The largest absolute Gasteiger partial charge is 0.397 e. The normalized spacial score (nSPS) is 20.8. The molecule has 14 heteroatoms. The van der Waals surface area contributed by atoms with Crippen molar-refractivity contribution in [1.29, 1.82) is 0 Å². The summed E-state index contributed by atoms with van der Waals surface area (Å²) in [5.41, 5.74) is 0. The summed E-state index contributed by atoms with van der Waals surface area (Å²) >= 11 is 0. The Balaban J connectivity index is 2.47. The summed E-state index contributed by atoms with van der Waals surface area (Å²) in [6.45, 7) is 3.30. The maximum atomic E-state index is 13.2. The van der Waals surface area contributed by atoms with Crippen LogP contribution in [0.4, 0.5) is 0 Å². The number of nitrogens with one attached hydrogen (secondary N) is 1. The van der Waals surface area contributed by atoms with Crippen LogP contribution in [0.25, 0.3) is 0 Å². The molecule has 1 fully saturated rings. The zero-order valence-corrected chi connectivity index (χ0v) is 41.3. The molecule has 13 nitrogen and oxygen atoms in total. The van der Waals surface area contributed by atoms with Crippen molar-refractivity contribution in [3.63, 3.8) is 0 Å². The zero-order valence-electron chi connectivity index (χ0n) is 40.5. The second-order valence-electron chi connectivity index (χ2n) is 18.6. The molecule has 1 aliphatic rings. The van der Waals surface area contributed by atoms with E-state index in [1.54, 1.807) is 0 Å². The molecule has 1 heterocycles. The fourth-order valence-corrected chi connectivity index (χ4v) is 9.03. The van der Waals surface area contributed by atoms with Crippen LogP contribution in [0.5, 0.6) is 0 Å². The zero-order chi connectivity index (χ0) is 47.1. The summed E-state index contributed by atoms with van der Waals surface area (Å²) < 4.78 is 47.7. The van der Waals surface area contributed by atoms with E-state index < -0.39 is 78.5 Å². The highest BCUT2D eigenvalue weighted by molar-refractivity contribution is 7.80. The van der Waals surface area contributed by atoms with Gasteiger partial charge in [-0.15, -0.1) is 0 Å². The number of hydrogen-bond acceptors (Lipinski definition) is 11. The summed E-state index contributed by atoms with van der Waals surface area (Å²) in [6.07, 6.45) is 33.9. The van der Waals surface area contributed by atoms with Gasteiger partial charge in [0.05, 0.1) is 25.4 Å². The summed E-state index contributed by atoms with van der Waals surface area (Å²) in [4.78, 5) is 13.2. The molecule has 0 radical (unpaired) electrons. The van der Waals surface area contributed by atoms with Gasteiger partial charge in [0.1, 0.15) is 30.5 Å². The van der Waals surface area contributed by atoms with E-state index in [4.69, 9.17) is 9.47 Å². The van der Waals surface area contributed by atoms with E-state index in [0.717, 1.165) is 57.8 Å². The van der Waals surface area contributed by atoms with Crippen molar-refractivity contribution < 1.29 is 57.0 Å². The fourth-order valence-electron chi connectivity index (χ4n) is 8.52. The Morgan fingerprint density at radius 1 is 0.609 bits per heavy atom. The van der Waals surface area contributed by atoms with Gasteiger partial charge in [0.2, 0.25) is 5.91 Å². The molecule has 1 rings (SSSR count). The number of aliphatic hydroxyl groups excluding tert-OH is 5. The van der Waals surface area contributed by atoms with E-state index in [1.165, 1.54) is 141 Å². The quantitative estimate of drug-likeness (QED) is 0.0173. The lowest BCUT2D eigenvalue weighted by Gasteiger charge is -2.41. The summed E-state index contributed by atoms with van der Waals surface area (Å²) in [7, 11) is -5.11. The van der Waals surface area contributed by atoms with Gasteiger partial charge in [0, 0.05) is 0 Å². The monoisotopic (exact) mass is 936 g/mol. The Labute approximate surface area is 390 Å². The van der Waals surface area contributed by atoms with Crippen LogP contribution in [-0.2, 0) is 28.9 Å². The van der Waals surface area contributed by atoms with E-state index in [-0.39, 0.29) is 6.42 Å². The SMILES string of the molecule is CCCCCCCCCCCC/C=C\CCCCCCCCC(O)C(=O)NC(COC1OC(CO)C(O)C(OS(=O)(=O)O)C1O)C(O)CCCCCCCCCCCCCCCCC. The third-order valence-corrected chi connectivity index (χ3v) is 13.1. The van der Waals surface area contributed by atoms with Crippen molar-refractivity contribution in [3.8, 4) is 0 Å². The Morgan fingerprint density at radius 3 is 1.41 bits per heavy atom. The predicted octanol–water partition coefficient (Wildman–Crippen LogP) is 10.1. The molecule has 0 aromatic rings. The predicted molar refractivity (Wildman–Crippen MR) is 256 cm³/mol. The molecular formula is C50H97NO12S. The average Bonchev–Trinajstić information content (AvgIpc) is 3.27. The molecule has 0 aromatic carbocycles. The number of carbonyl (C=O) groups excluding carboxylic acids is 1. The van der Waals surface area contributed by atoms with Crippen LogP contribution in [0.3, 0.4) is 0 Å². The Bertz CT molecular complexity index is 1210. The van der Waals surface area contributed by atoms with Gasteiger partial charge in [-0.25, -0.2) is 4.18 Å². The number of rotatable bonds is 45. The van der Waals surface area contributed by atoms with Crippen molar-refractivity contribution in [1.82, 2.24) is 5.32 Å². The number of unbranched alkanes of at least 4 members (excludes halogenated alkanes) is 30. The highest BCUT2D eigenvalue weighted by Crippen LogP contribution is 2.26. The summed E-state index contributed by atoms with van der Waals surface area (Å²) in [5, 5.41) is 55.5. The third kappa shape index (κ3) is 32.5. The molecule has 1 aliphatic heterocycles. The topological polar surface area (TPSA) is 212 Å². The molecule has 0 aromatic heterocycles. The highest BCUT2D eigenvalue weighted by atomic mass is 32.3. The Morgan fingerprint density at radius 2 is 1.00 bits per heavy atom. The van der Waals surface area contributed by atoms with Crippen LogP contribution in [-0.4, -0.2) is 107 Å². The van der Waals surface area contributed by atoms with Gasteiger partial charge in [0.25, 0.3) is 0 Å². The first-order valence-electron chi connectivity index (χ1n) is 26.2. The molecule has 0 saturated carbocycles. The number of aliphatic hydroxyl groups is 5. The average molecular weight is 936 g/mol. The van der Waals surface area contributed by atoms with E-state index in [2.05, 4.69) is 35.5 Å². The highest BCUT2D eigenvalue weighted by Gasteiger charge is 2.48. The van der Waals surface area contributed by atoms with Crippen molar-refractivity contribution in [3.05, 3.63) is 12.2 Å². The fraction of sp³-hybridized carbons (Fsp3) is 0.940. The third-order valence-electron chi connectivity index (χ3n) is 12.7. The lowest BCUT2D eigenvalue weighted by atomic mass is 9.99. The van der Waals surface area contributed by atoms with Crippen LogP contribution in [0.1, 0.15) is 239 Å². The minimum atomic E-state index is -5.11. The molecule has 0 bridgehead atoms. The van der Waals surface area contributed by atoms with Gasteiger partial charge < -0.3 is 40.3 Å². The second-order valence-corrected chi connectivity index (χ2v) is 19.7. The van der Waals surface area contributed by atoms with Crippen molar-refractivity contribution >= 4 is 16.3 Å². The van der Waals surface area contributed by atoms with Crippen LogP contribution < -0.4 is 5.32 Å². The maximum Gasteiger partial charge on any atom is 0.397 e. The first kappa shape index (κ1) is 60.8. The van der Waals surface area contributed by atoms with Crippen LogP contribution in [0.2, 0.25) is 0 Å². The number of ether oxygens (including phenoxy) is 2. The van der Waals surface area contributed by atoms with Crippen molar-refractivity contribution in [2.45, 2.75) is 288 Å². The van der Waals surface area contributed by atoms with Crippen LogP contribution >= 0.6 is 0 Å². The van der Waals surface area contributed by atoms with Gasteiger partial charge in [-0.3, -0.25) is 9.35 Å². The maximum absolute atomic E-state index is 13.2. The van der Waals surface area contributed by atoms with Gasteiger partial charge in [0.15, 0.2) is 6.29 Å². The molecule has 8 atom stereocenters.